The summed E-state index contributed by atoms with van der Waals surface area (Å²) in [6.45, 7) is 8.28. The van der Waals surface area contributed by atoms with Crippen molar-refractivity contribution >= 4 is 33.7 Å². The van der Waals surface area contributed by atoms with Gasteiger partial charge in [-0.1, -0.05) is 39.8 Å². The maximum absolute atomic E-state index is 12.7. The Balaban J connectivity index is 1.40. The number of carbonyl (C=O) groups excluding carboxylic acids is 1. The Morgan fingerprint density at radius 3 is 2.62 bits per heavy atom. The fraction of sp³-hybridized carbons (Fsp3) is 0.226. The summed E-state index contributed by atoms with van der Waals surface area (Å²) in [6, 6.07) is 12.1. The minimum atomic E-state index is -0.0899. The molecule has 0 aliphatic rings. The number of nitrogens with one attached hydrogen (secondary N) is 3. The van der Waals surface area contributed by atoms with Crippen molar-refractivity contribution < 1.29 is 4.79 Å². The summed E-state index contributed by atoms with van der Waals surface area (Å²) in [6.07, 6.45) is 10.2. The molecule has 5 aromatic heterocycles. The molecule has 5 heterocycles. The molecule has 1 aromatic carbocycles. The van der Waals surface area contributed by atoms with Gasteiger partial charge in [0.2, 0.25) is 5.91 Å². The molecule has 1 amide bonds. The van der Waals surface area contributed by atoms with Gasteiger partial charge in [0, 0.05) is 53.6 Å². The van der Waals surface area contributed by atoms with Gasteiger partial charge in [0.05, 0.1) is 17.1 Å². The van der Waals surface area contributed by atoms with E-state index >= 15 is 0 Å². The van der Waals surface area contributed by atoms with Crippen LogP contribution in [0.2, 0.25) is 0 Å². The number of carbonyl (C=O) groups is 1. The van der Waals surface area contributed by atoms with Gasteiger partial charge in [-0.05, 0) is 47.2 Å². The molecule has 6 rings (SSSR count). The average Bonchev–Trinajstić information content (AvgIpc) is 3.56. The number of amides is 1. The van der Waals surface area contributed by atoms with Gasteiger partial charge in [0.1, 0.15) is 11.2 Å². The molecule has 0 saturated heterocycles. The minimum Gasteiger partial charge on any atom is -0.335 e. The van der Waals surface area contributed by atoms with Crippen molar-refractivity contribution in [3.8, 4) is 33.8 Å². The molecule has 0 aliphatic heterocycles. The molecule has 9 heteroatoms. The third-order valence-electron chi connectivity index (χ3n) is 6.72. The summed E-state index contributed by atoms with van der Waals surface area (Å²) in [7, 11) is 0. The van der Waals surface area contributed by atoms with E-state index in [1.165, 1.54) is 0 Å². The number of aryl methyl sites for hydroxylation is 1. The van der Waals surface area contributed by atoms with E-state index in [-0.39, 0.29) is 11.3 Å². The number of benzene rings is 1. The van der Waals surface area contributed by atoms with E-state index in [1.54, 1.807) is 24.8 Å². The van der Waals surface area contributed by atoms with Crippen LogP contribution in [-0.2, 0) is 11.2 Å². The van der Waals surface area contributed by atoms with Gasteiger partial charge in [-0.2, -0.15) is 5.10 Å². The Kier molecular flexibility index (Phi) is 6.34. The SMILES string of the molecule is CCc1cc(NC(=O)CC(C)(C)C)cc(-c2cnc3n[nH]c(-c4nc5c(-c6cccnc6)cncc5[nH]4)c3c2)c1. The zero-order valence-electron chi connectivity index (χ0n) is 22.9. The molecule has 6 aromatic rings. The maximum atomic E-state index is 12.7. The lowest BCUT2D eigenvalue weighted by atomic mass is 9.92. The highest BCUT2D eigenvalue weighted by atomic mass is 16.1. The highest BCUT2D eigenvalue weighted by Gasteiger charge is 2.18. The van der Waals surface area contributed by atoms with E-state index in [2.05, 4.69) is 75.3 Å². The van der Waals surface area contributed by atoms with Gasteiger partial charge < -0.3 is 10.3 Å². The molecular formula is C31H30N8O. The number of pyridine rings is 3. The second-order valence-electron chi connectivity index (χ2n) is 11.2. The third kappa shape index (κ3) is 5.05. The van der Waals surface area contributed by atoms with Crippen LogP contribution in [0.15, 0.2) is 67.4 Å². The lowest BCUT2D eigenvalue weighted by molar-refractivity contribution is -0.117. The van der Waals surface area contributed by atoms with Crippen molar-refractivity contribution in [3.63, 3.8) is 0 Å². The van der Waals surface area contributed by atoms with Crippen molar-refractivity contribution in [3.05, 3.63) is 72.9 Å². The molecule has 0 atom stereocenters. The monoisotopic (exact) mass is 530 g/mol. The molecule has 9 nitrogen and oxygen atoms in total. The van der Waals surface area contributed by atoms with E-state index in [0.717, 1.165) is 62.0 Å². The number of nitrogens with zero attached hydrogens (tertiary/aromatic N) is 5. The molecule has 0 bridgehead atoms. The number of imidazole rings is 1. The summed E-state index contributed by atoms with van der Waals surface area (Å²) in [5.74, 6) is 0.648. The topological polar surface area (TPSA) is 125 Å². The first-order chi connectivity index (χ1) is 19.3. The quantitative estimate of drug-likeness (QED) is 0.224. The van der Waals surface area contributed by atoms with E-state index in [1.807, 2.05) is 30.5 Å². The number of rotatable bonds is 6. The highest BCUT2D eigenvalue weighted by Crippen LogP contribution is 2.33. The van der Waals surface area contributed by atoms with Crippen LogP contribution in [0.5, 0.6) is 0 Å². The predicted molar refractivity (Wildman–Crippen MR) is 158 cm³/mol. The van der Waals surface area contributed by atoms with Crippen molar-refractivity contribution in [1.29, 1.82) is 0 Å². The Bertz CT molecular complexity index is 1850. The fourth-order valence-electron chi connectivity index (χ4n) is 4.84. The molecule has 40 heavy (non-hydrogen) atoms. The number of fused-ring (bicyclic) bond motifs is 2. The molecule has 0 unspecified atom stereocenters. The standard InChI is InChI=1S/C31H30N8O/c1-5-18-9-20(11-22(10-18)35-26(40)13-31(2,3)4)21-12-23-28(38-39-29(23)34-15-21)30-36-25-17-33-16-24(27(25)37-30)19-7-6-8-32-14-19/h6-12,14-17H,5,13H2,1-4H3,(H,35,40)(H,36,37)(H,34,38,39). The Hall–Kier alpha value is -4.92. The number of hydrogen-bond donors (Lipinski definition) is 3. The number of aromatic amines is 2. The van der Waals surface area contributed by atoms with Crippen molar-refractivity contribution in [1.82, 2.24) is 35.1 Å². The lowest BCUT2D eigenvalue weighted by Crippen LogP contribution is -2.19. The highest BCUT2D eigenvalue weighted by molar-refractivity contribution is 5.97. The predicted octanol–water partition coefficient (Wildman–Crippen LogP) is 6.56. The van der Waals surface area contributed by atoms with Crippen molar-refractivity contribution in [2.75, 3.05) is 5.32 Å². The van der Waals surface area contributed by atoms with Gasteiger partial charge in [-0.3, -0.25) is 19.9 Å². The van der Waals surface area contributed by atoms with Gasteiger partial charge >= 0.3 is 0 Å². The zero-order chi connectivity index (χ0) is 27.9. The van der Waals surface area contributed by atoms with E-state index < -0.39 is 0 Å². The second kappa shape index (κ2) is 10.00. The first kappa shape index (κ1) is 25.4. The summed E-state index contributed by atoms with van der Waals surface area (Å²) >= 11 is 0. The van der Waals surface area contributed by atoms with Crippen LogP contribution in [0.25, 0.3) is 55.8 Å². The first-order valence-corrected chi connectivity index (χ1v) is 13.3. The van der Waals surface area contributed by atoms with Gasteiger partial charge in [-0.15, -0.1) is 0 Å². The average molecular weight is 531 g/mol. The largest absolute Gasteiger partial charge is 0.335 e. The van der Waals surface area contributed by atoms with Crippen LogP contribution < -0.4 is 5.32 Å². The maximum Gasteiger partial charge on any atom is 0.224 e. The molecule has 200 valence electrons. The minimum absolute atomic E-state index is 0.00225. The summed E-state index contributed by atoms with van der Waals surface area (Å²) in [4.78, 5) is 34.2. The molecule has 0 radical (unpaired) electrons. The molecular weight excluding hydrogens is 500 g/mol. The van der Waals surface area contributed by atoms with Crippen molar-refractivity contribution in [2.45, 2.75) is 40.5 Å². The number of H-pyrrole nitrogens is 2. The van der Waals surface area contributed by atoms with E-state index in [9.17, 15) is 4.79 Å². The molecule has 0 fully saturated rings. The van der Waals surface area contributed by atoms with Crippen LogP contribution in [0.4, 0.5) is 5.69 Å². The van der Waals surface area contributed by atoms with Gasteiger partial charge in [0.15, 0.2) is 11.5 Å². The molecule has 0 aliphatic carbocycles. The number of hydrogen-bond acceptors (Lipinski definition) is 6. The molecule has 0 saturated carbocycles. The van der Waals surface area contributed by atoms with Crippen LogP contribution in [0.3, 0.4) is 0 Å². The first-order valence-electron chi connectivity index (χ1n) is 13.3. The van der Waals surface area contributed by atoms with Crippen LogP contribution in [-0.4, -0.2) is 41.0 Å². The number of aromatic nitrogens is 7. The molecule has 0 spiro atoms. The zero-order valence-corrected chi connectivity index (χ0v) is 22.9. The van der Waals surface area contributed by atoms with Crippen LogP contribution in [0, 0.1) is 5.41 Å². The lowest BCUT2D eigenvalue weighted by Gasteiger charge is -2.18. The van der Waals surface area contributed by atoms with Crippen LogP contribution >= 0.6 is 0 Å². The third-order valence-corrected chi connectivity index (χ3v) is 6.72. The number of anilines is 1. The van der Waals surface area contributed by atoms with Gasteiger partial charge in [-0.25, -0.2) is 9.97 Å². The van der Waals surface area contributed by atoms with Crippen LogP contribution in [0.1, 0.15) is 39.7 Å². The summed E-state index contributed by atoms with van der Waals surface area (Å²) < 4.78 is 0. The Morgan fingerprint density at radius 1 is 0.975 bits per heavy atom. The summed E-state index contributed by atoms with van der Waals surface area (Å²) in [5, 5.41) is 11.5. The van der Waals surface area contributed by atoms with Crippen molar-refractivity contribution in [2.24, 2.45) is 5.41 Å². The summed E-state index contributed by atoms with van der Waals surface area (Å²) in [5.41, 5.74) is 8.50. The van der Waals surface area contributed by atoms with E-state index in [4.69, 9.17) is 4.98 Å². The normalized spacial score (nSPS) is 11.8. The fourth-order valence-corrected chi connectivity index (χ4v) is 4.84. The Morgan fingerprint density at radius 2 is 1.85 bits per heavy atom. The van der Waals surface area contributed by atoms with Gasteiger partial charge in [0.25, 0.3) is 0 Å². The smallest absolute Gasteiger partial charge is 0.224 e. The second-order valence-corrected chi connectivity index (χ2v) is 11.2. The Labute approximate surface area is 231 Å². The van der Waals surface area contributed by atoms with E-state index in [0.29, 0.717) is 17.9 Å². The molecule has 3 N–H and O–H groups in total.